The summed E-state index contributed by atoms with van der Waals surface area (Å²) >= 11 is 5.19. The van der Waals surface area contributed by atoms with Gasteiger partial charge in [0.05, 0.1) is 14.2 Å². The van der Waals surface area contributed by atoms with Crippen LogP contribution in [0.1, 0.15) is 30.9 Å². The molecule has 148 valence electrons. The summed E-state index contributed by atoms with van der Waals surface area (Å²) < 4.78 is 10.6. The largest absolute Gasteiger partial charge is 0.493 e. The van der Waals surface area contributed by atoms with Crippen LogP contribution in [0, 0.1) is 0 Å². The summed E-state index contributed by atoms with van der Waals surface area (Å²) in [5, 5.41) is 3.31. The van der Waals surface area contributed by atoms with E-state index in [2.05, 4.69) is 30.0 Å². The summed E-state index contributed by atoms with van der Waals surface area (Å²) in [6.45, 7) is 4.28. The first-order chi connectivity index (χ1) is 13.4. The molecule has 0 fully saturated rings. The Morgan fingerprint density at radius 2 is 1.75 bits per heavy atom. The van der Waals surface area contributed by atoms with Gasteiger partial charge in [0.2, 0.25) is 0 Å². The van der Waals surface area contributed by atoms with Crippen molar-refractivity contribution in [3.05, 3.63) is 59.7 Å². The Morgan fingerprint density at radius 1 is 1.04 bits per heavy atom. The molecule has 0 aliphatic heterocycles. The van der Waals surface area contributed by atoms with Crippen LogP contribution in [0.2, 0.25) is 0 Å². The van der Waals surface area contributed by atoms with Gasteiger partial charge in [-0.3, -0.25) is 15.6 Å². The zero-order chi connectivity index (χ0) is 20.5. The number of amides is 1. The highest BCUT2D eigenvalue weighted by atomic mass is 32.1. The molecule has 0 saturated heterocycles. The second kappa shape index (κ2) is 10.3. The maximum absolute atomic E-state index is 12.0. The Hall–Kier alpha value is -3.06. The molecule has 6 nitrogen and oxygen atoms in total. The number of methoxy groups -OCH3 is 2. The van der Waals surface area contributed by atoms with Gasteiger partial charge in [-0.1, -0.05) is 38.1 Å². The molecule has 0 aliphatic rings. The third kappa shape index (κ3) is 5.99. The van der Waals surface area contributed by atoms with Crippen LogP contribution in [0.3, 0.4) is 0 Å². The summed E-state index contributed by atoms with van der Waals surface area (Å²) in [5.74, 6) is 1.26. The normalized spacial score (nSPS) is 10.6. The Balaban J connectivity index is 1.88. The molecular weight excluding hydrogens is 374 g/mol. The number of nitrogens with one attached hydrogen (secondary N) is 3. The molecule has 3 N–H and O–H groups in total. The van der Waals surface area contributed by atoms with Crippen LogP contribution < -0.4 is 25.6 Å². The van der Waals surface area contributed by atoms with Crippen molar-refractivity contribution < 1.29 is 14.3 Å². The maximum atomic E-state index is 12.0. The molecule has 0 bridgehead atoms. The molecule has 2 rings (SSSR count). The monoisotopic (exact) mass is 399 g/mol. The lowest BCUT2D eigenvalue weighted by molar-refractivity contribution is -0.116. The van der Waals surface area contributed by atoms with E-state index in [9.17, 15) is 4.79 Å². The Labute approximate surface area is 170 Å². The minimum Gasteiger partial charge on any atom is -0.493 e. The van der Waals surface area contributed by atoms with Gasteiger partial charge in [0, 0.05) is 17.3 Å². The molecule has 28 heavy (non-hydrogen) atoms. The van der Waals surface area contributed by atoms with Gasteiger partial charge in [0.1, 0.15) is 0 Å². The van der Waals surface area contributed by atoms with Crippen molar-refractivity contribution in [2.24, 2.45) is 0 Å². The highest BCUT2D eigenvalue weighted by Crippen LogP contribution is 2.31. The number of carbonyl (C=O) groups is 1. The van der Waals surface area contributed by atoms with Gasteiger partial charge in [-0.15, -0.1) is 0 Å². The fourth-order valence-corrected chi connectivity index (χ4v) is 2.65. The van der Waals surface area contributed by atoms with E-state index < -0.39 is 0 Å². The van der Waals surface area contributed by atoms with E-state index in [4.69, 9.17) is 21.7 Å². The molecule has 0 aliphatic carbocycles. The molecule has 2 aromatic rings. The first-order valence-electron chi connectivity index (χ1n) is 8.80. The lowest BCUT2D eigenvalue weighted by Crippen LogP contribution is -2.43. The van der Waals surface area contributed by atoms with Crippen LogP contribution in [0.4, 0.5) is 5.69 Å². The molecule has 0 saturated carbocycles. The topological polar surface area (TPSA) is 71.6 Å². The number of anilines is 1. The number of hydrazine groups is 1. The smallest absolute Gasteiger partial charge is 0.262 e. The Bertz CT molecular complexity index is 848. The fourth-order valence-electron chi connectivity index (χ4n) is 2.48. The van der Waals surface area contributed by atoms with Crippen molar-refractivity contribution in [1.29, 1.82) is 0 Å². The number of hydrogen-bond acceptors (Lipinski definition) is 4. The van der Waals surface area contributed by atoms with Crippen molar-refractivity contribution in [2.45, 2.75) is 19.8 Å². The van der Waals surface area contributed by atoms with Crippen molar-refractivity contribution >= 4 is 35.0 Å². The molecule has 0 heterocycles. The number of rotatable bonds is 6. The lowest BCUT2D eigenvalue weighted by atomic mass is 10.0. The average molecular weight is 400 g/mol. The van der Waals surface area contributed by atoms with Gasteiger partial charge in [-0.2, -0.15) is 0 Å². The predicted octanol–water partition coefficient (Wildman–Crippen LogP) is 3.86. The molecule has 0 atom stereocenters. The van der Waals surface area contributed by atoms with Crippen molar-refractivity contribution in [2.75, 3.05) is 19.5 Å². The van der Waals surface area contributed by atoms with E-state index in [1.54, 1.807) is 26.4 Å². The first-order valence-corrected chi connectivity index (χ1v) is 9.21. The van der Waals surface area contributed by atoms with E-state index in [0.717, 1.165) is 11.3 Å². The van der Waals surface area contributed by atoms with Crippen LogP contribution in [0.25, 0.3) is 6.08 Å². The molecule has 0 aromatic heterocycles. The zero-order valence-corrected chi connectivity index (χ0v) is 17.2. The van der Waals surface area contributed by atoms with Crippen molar-refractivity contribution in [3.8, 4) is 11.5 Å². The van der Waals surface area contributed by atoms with Gasteiger partial charge >= 0.3 is 0 Å². The van der Waals surface area contributed by atoms with Gasteiger partial charge in [-0.25, -0.2) is 0 Å². The number of carbonyl (C=O) groups excluding carboxylic acids is 1. The van der Waals surface area contributed by atoms with Crippen LogP contribution >= 0.6 is 12.2 Å². The number of ether oxygens (including phenoxy) is 2. The Kier molecular flexibility index (Phi) is 7.83. The Morgan fingerprint density at radius 3 is 2.36 bits per heavy atom. The second-order valence-electron chi connectivity index (χ2n) is 6.26. The summed E-state index contributed by atoms with van der Waals surface area (Å²) in [4.78, 5) is 12.0. The number of para-hydroxylation sites is 1. The average Bonchev–Trinajstić information content (AvgIpc) is 2.70. The van der Waals surface area contributed by atoms with E-state index in [1.165, 1.54) is 11.6 Å². The van der Waals surface area contributed by atoms with E-state index in [-0.39, 0.29) is 11.0 Å². The van der Waals surface area contributed by atoms with Crippen LogP contribution in [-0.2, 0) is 4.79 Å². The zero-order valence-electron chi connectivity index (χ0n) is 16.4. The highest BCUT2D eigenvalue weighted by Gasteiger charge is 2.07. The molecule has 0 unspecified atom stereocenters. The molecule has 0 spiro atoms. The minimum atomic E-state index is -0.357. The first kappa shape index (κ1) is 21.2. The summed E-state index contributed by atoms with van der Waals surface area (Å²) in [6.07, 6.45) is 3.02. The van der Waals surface area contributed by atoms with E-state index in [1.807, 2.05) is 36.4 Å². The van der Waals surface area contributed by atoms with Gasteiger partial charge in [-0.05, 0) is 48.0 Å². The lowest BCUT2D eigenvalue weighted by Gasteiger charge is -2.12. The second-order valence-corrected chi connectivity index (χ2v) is 6.67. The van der Waals surface area contributed by atoms with E-state index >= 15 is 0 Å². The van der Waals surface area contributed by atoms with Crippen LogP contribution in [0.15, 0.2) is 48.5 Å². The molecule has 0 radical (unpaired) electrons. The van der Waals surface area contributed by atoms with Gasteiger partial charge in [0.15, 0.2) is 16.6 Å². The van der Waals surface area contributed by atoms with E-state index in [0.29, 0.717) is 17.4 Å². The predicted molar refractivity (Wildman–Crippen MR) is 117 cm³/mol. The molecule has 1 amide bonds. The van der Waals surface area contributed by atoms with Crippen molar-refractivity contribution in [3.63, 3.8) is 0 Å². The third-order valence-corrected chi connectivity index (χ3v) is 4.19. The number of hydrogen-bond donors (Lipinski definition) is 3. The van der Waals surface area contributed by atoms with Crippen LogP contribution in [0.5, 0.6) is 11.5 Å². The maximum Gasteiger partial charge on any atom is 0.262 e. The van der Waals surface area contributed by atoms with Crippen LogP contribution in [-0.4, -0.2) is 25.2 Å². The van der Waals surface area contributed by atoms with Gasteiger partial charge in [0.25, 0.3) is 5.91 Å². The SMILES string of the molecule is COc1cccc(/C=C/C(=O)NNC(=S)Nc2ccc(C(C)C)cc2)c1OC. The number of thiocarbonyl (C=S) groups is 1. The highest BCUT2D eigenvalue weighted by molar-refractivity contribution is 7.80. The summed E-state index contributed by atoms with van der Waals surface area (Å²) in [7, 11) is 3.11. The fraction of sp³-hybridized carbons (Fsp3) is 0.238. The third-order valence-electron chi connectivity index (χ3n) is 3.98. The van der Waals surface area contributed by atoms with Crippen molar-refractivity contribution in [1.82, 2.24) is 10.9 Å². The van der Waals surface area contributed by atoms with Gasteiger partial charge < -0.3 is 14.8 Å². The standard InChI is InChI=1S/C21H25N3O3S/c1-14(2)15-8-11-17(12-9-15)22-21(28)24-23-19(25)13-10-16-6-5-7-18(26-3)20(16)27-4/h5-14H,1-4H3,(H,23,25)(H2,22,24,28)/b13-10+. The molecule has 7 heteroatoms. The quantitative estimate of drug-likeness (QED) is 0.389. The molecular formula is C21H25N3O3S. The summed E-state index contributed by atoms with van der Waals surface area (Å²) in [6, 6.07) is 13.4. The minimum absolute atomic E-state index is 0.290. The molecule has 2 aromatic carbocycles. The summed E-state index contributed by atoms with van der Waals surface area (Å²) in [5.41, 5.74) is 8.00. The number of benzene rings is 2.